The summed E-state index contributed by atoms with van der Waals surface area (Å²) in [5.74, 6) is 1.14. The number of hydrogen-bond acceptors (Lipinski definition) is 2. The van der Waals surface area contributed by atoms with Gasteiger partial charge in [-0.1, -0.05) is 26.7 Å². The van der Waals surface area contributed by atoms with E-state index in [2.05, 4.69) is 12.2 Å². The molecule has 1 unspecified atom stereocenters. The van der Waals surface area contributed by atoms with Gasteiger partial charge in [0.25, 0.3) is 0 Å². The monoisotopic (exact) mass is 226 g/mol. The van der Waals surface area contributed by atoms with Crippen LogP contribution >= 0.6 is 0 Å². The number of rotatable bonds is 6. The molecule has 94 valence electrons. The first kappa shape index (κ1) is 13.5. The number of nitrogens with zero attached hydrogens (tertiary/aromatic N) is 1. The van der Waals surface area contributed by atoms with E-state index in [4.69, 9.17) is 0 Å². The van der Waals surface area contributed by atoms with Crippen molar-refractivity contribution in [1.29, 1.82) is 0 Å². The maximum absolute atomic E-state index is 12.0. The van der Waals surface area contributed by atoms with Crippen molar-refractivity contribution in [3.63, 3.8) is 0 Å². The van der Waals surface area contributed by atoms with Gasteiger partial charge in [-0.05, 0) is 25.3 Å². The van der Waals surface area contributed by atoms with Crippen molar-refractivity contribution in [2.75, 3.05) is 26.7 Å². The maximum Gasteiger partial charge on any atom is 0.226 e. The Morgan fingerprint density at radius 1 is 1.44 bits per heavy atom. The Morgan fingerprint density at radius 3 is 2.62 bits per heavy atom. The number of carbonyl (C=O) groups is 1. The van der Waals surface area contributed by atoms with Gasteiger partial charge in [0.1, 0.15) is 0 Å². The number of nitrogens with one attached hydrogen (secondary N) is 1. The van der Waals surface area contributed by atoms with E-state index < -0.39 is 0 Å². The van der Waals surface area contributed by atoms with Gasteiger partial charge in [-0.25, -0.2) is 0 Å². The molecule has 0 spiro atoms. The summed E-state index contributed by atoms with van der Waals surface area (Å²) in [5.41, 5.74) is 0. The normalized spacial score (nSPS) is 18.7. The van der Waals surface area contributed by atoms with Gasteiger partial charge in [-0.3, -0.25) is 4.79 Å². The summed E-state index contributed by atoms with van der Waals surface area (Å²) in [7, 11) is 1.95. The number of carbonyl (C=O) groups excluding carboxylic acids is 1. The molecule has 0 aromatic rings. The molecule has 0 aromatic heterocycles. The summed E-state index contributed by atoms with van der Waals surface area (Å²) in [6.07, 6.45) is 5.30. The molecule has 3 heteroatoms. The Labute approximate surface area is 99.6 Å². The smallest absolute Gasteiger partial charge is 0.226 e. The molecule has 1 saturated carbocycles. The second-order valence-electron chi connectivity index (χ2n) is 5.08. The predicted molar refractivity (Wildman–Crippen MR) is 67.3 cm³/mol. The van der Waals surface area contributed by atoms with Crippen LogP contribution in [0.3, 0.4) is 0 Å². The van der Waals surface area contributed by atoms with Crippen molar-refractivity contribution in [2.45, 2.75) is 39.5 Å². The van der Waals surface area contributed by atoms with E-state index in [0.717, 1.165) is 25.6 Å². The van der Waals surface area contributed by atoms with Crippen LogP contribution in [0, 0.1) is 11.8 Å². The largest absolute Gasteiger partial charge is 0.345 e. The van der Waals surface area contributed by atoms with Crippen LogP contribution in [0.25, 0.3) is 0 Å². The summed E-state index contributed by atoms with van der Waals surface area (Å²) in [5, 5.41) is 3.23. The van der Waals surface area contributed by atoms with Crippen LogP contribution in [-0.4, -0.2) is 37.5 Å². The minimum atomic E-state index is 0.103. The second-order valence-corrected chi connectivity index (χ2v) is 5.08. The second kappa shape index (κ2) is 6.89. The van der Waals surface area contributed by atoms with Crippen LogP contribution in [0.1, 0.15) is 39.5 Å². The minimum Gasteiger partial charge on any atom is -0.345 e. The standard InChI is InChI=1S/C13H26N2O/c1-4-14-9-11(2)13(16)15(3)10-12-7-5-6-8-12/h11-12,14H,4-10H2,1-3H3. The Morgan fingerprint density at radius 2 is 2.06 bits per heavy atom. The summed E-state index contributed by atoms with van der Waals surface area (Å²) >= 11 is 0. The van der Waals surface area contributed by atoms with Crippen LogP contribution in [0.15, 0.2) is 0 Å². The van der Waals surface area contributed by atoms with Crippen molar-refractivity contribution in [1.82, 2.24) is 10.2 Å². The first-order chi connectivity index (χ1) is 7.65. The molecule has 1 N–H and O–H groups in total. The SMILES string of the molecule is CCNCC(C)C(=O)N(C)CC1CCCC1. The third-order valence-electron chi connectivity index (χ3n) is 3.51. The first-order valence-corrected chi connectivity index (χ1v) is 6.60. The topological polar surface area (TPSA) is 32.3 Å². The van der Waals surface area contributed by atoms with Crippen molar-refractivity contribution in [3.8, 4) is 0 Å². The Kier molecular flexibility index (Phi) is 5.81. The molecule has 0 saturated heterocycles. The van der Waals surface area contributed by atoms with Gasteiger partial charge in [-0.2, -0.15) is 0 Å². The zero-order chi connectivity index (χ0) is 12.0. The van der Waals surface area contributed by atoms with Crippen LogP contribution in [0.5, 0.6) is 0 Å². The lowest BCUT2D eigenvalue weighted by Gasteiger charge is -2.24. The van der Waals surface area contributed by atoms with Gasteiger partial charge in [-0.15, -0.1) is 0 Å². The summed E-state index contributed by atoms with van der Waals surface area (Å²) in [4.78, 5) is 14.0. The quantitative estimate of drug-likeness (QED) is 0.750. The maximum atomic E-state index is 12.0. The molecule has 16 heavy (non-hydrogen) atoms. The van der Waals surface area contributed by atoms with E-state index in [0.29, 0.717) is 0 Å². The highest BCUT2D eigenvalue weighted by Crippen LogP contribution is 2.25. The molecule has 1 aliphatic rings. The molecular weight excluding hydrogens is 200 g/mol. The van der Waals surface area contributed by atoms with Gasteiger partial charge in [0.2, 0.25) is 5.91 Å². The van der Waals surface area contributed by atoms with E-state index in [1.165, 1.54) is 25.7 Å². The van der Waals surface area contributed by atoms with E-state index in [1.807, 2.05) is 18.9 Å². The van der Waals surface area contributed by atoms with Crippen LogP contribution in [0.4, 0.5) is 0 Å². The molecule has 1 fully saturated rings. The average Bonchev–Trinajstić information content (AvgIpc) is 2.77. The van der Waals surface area contributed by atoms with E-state index in [9.17, 15) is 4.79 Å². The van der Waals surface area contributed by atoms with Crippen molar-refractivity contribution < 1.29 is 4.79 Å². The molecule has 0 aliphatic heterocycles. The third kappa shape index (κ3) is 4.12. The first-order valence-electron chi connectivity index (χ1n) is 6.60. The van der Waals surface area contributed by atoms with Crippen LogP contribution in [0.2, 0.25) is 0 Å². The molecule has 1 aliphatic carbocycles. The predicted octanol–water partition coefficient (Wildman–Crippen LogP) is 1.88. The van der Waals surface area contributed by atoms with Gasteiger partial charge in [0.05, 0.1) is 0 Å². The van der Waals surface area contributed by atoms with E-state index >= 15 is 0 Å². The van der Waals surface area contributed by atoms with Gasteiger partial charge < -0.3 is 10.2 Å². The lowest BCUT2D eigenvalue weighted by Crippen LogP contribution is -2.38. The van der Waals surface area contributed by atoms with Crippen LogP contribution in [-0.2, 0) is 4.79 Å². The van der Waals surface area contributed by atoms with Gasteiger partial charge in [0, 0.05) is 26.1 Å². The fraction of sp³-hybridized carbons (Fsp3) is 0.923. The van der Waals surface area contributed by atoms with Crippen LogP contribution < -0.4 is 5.32 Å². The molecule has 0 radical (unpaired) electrons. The highest BCUT2D eigenvalue weighted by Gasteiger charge is 2.22. The summed E-state index contributed by atoms with van der Waals surface area (Å²) in [6.45, 7) is 6.76. The lowest BCUT2D eigenvalue weighted by atomic mass is 10.1. The molecule has 0 aromatic carbocycles. The molecule has 1 atom stereocenters. The fourth-order valence-electron chi connectivity index (χ4n) is 2.49. The lowest BCUT2D eigenvalue weighted by molar-refractivity contribution is -0.134. The zero-order valence-corrected chi connectivity index (χ0v) is 11.0. The summed E-state index contributed by atoms with van der Waals surface area (Å²) < 4.78 is 0. The van der Waals surface area contributed by atoms with Crippen molar-refractivity contribution in [2.24, 2.45) is 11.8 Å². The fourth-order valence-corrected chi connectivity index (χ4v) is 2.49. The minimum absolute atomic E-state index is 0.103. The molecule has 1 rings (SSSR count). The number of amides is 1. The average molecular weight is 226 g/mol. The van der Waals surface area contributed by atoms with Crippen molar-refractivity contribution >= 4 is 5.91 Å². The Hall–Kier alpha value is -0.570. The molecule has 3 nitrogen and oxygen atoms in total. The summed E-state index contributed by atoms with van der Waals surface area (Å²) in [6, 6.07) is 0. The molecule has 0 bridgehead atoms. The molecule has 1 amide bonds. The third-order valence-corrected chi connectivity index (χ3v) is 3.51. The van der Waals surface area contributed by atoms with E-state index in [1.54, 1.807) is 0 Å². The molecule has 0 heterocycles. The van der Waals surface area contributed by atoms with Crippen molar-refractivity contribution in [3.05, 3.63) is 0 Å². The zero-order valence-electron chi connectivity index (χ0n) is 11.0. The number of hydrogen-bond donors (Lipinski definition) is 1. The van der Waals surface area contributed by atoms with Gasteiger partial charge in [0.15, 0.2) is 0 Å². The Balaban J connectivity index is 2.28. The highest BCUT2D eigenvalue weighted by atomic mass is 16.2. The Bertz CT molecular complexity index is 212. The van der Waals surface area contributed by atoms with E-state index in [-0.39, 0.29) is 11.8 Å². The molecular formula is C13H26N2O. The highest BCUT2D eigenvalue weighted by molar-refractivity contribution is 5.78. The van der Waals surface area contributed by atoms with Gasteiger partial charge >= 0.3 is 0 Å².